The zero-order valence-corrected chi connectivity index (χ0v) is 14.9. The van der Waals surface area contributed by atoms with Crippen molar-refractivity contribution >= 4 is 34.6 Å². The monoisotopic (exact) mass is 348 g/mol. The van der Waals surface area contributed by atoms with Gasteiger partial charge in [-0.1, -0.05) is 12.1 Å². The van der Waals surface area contributed by atoms with Crippen LogP contribution in [-0.4, -0.2) is 35.1 Å². The first-order chi connectivity index (χ1) is 12.5. The Hall–Kier alpha value is -3.48. The number of carbonyl (C=O) groups is 1. The van der Waals surface area contributed by atoms with Crippen molar-refractivity contribution in [1.82, 2.24) is 15.2 Å². The molecule has 0 radical (unpaired) electrons. The maximum atomic E-state index is 11.5. The van der Waals surface area contributed by atoms with Crippen LogP contribution in [0.15, 0.2) is 54.7 Å². The van der Waals surface area contributed by atoms with E-state index in [1.54, 1.807) is 12.1 Å². The van der Waals surface area contributed by atoms with E-state index in [1.807, 2.05) is 55.4 Å². The zero-order valence-electron chi connectivity index (χ0n) is 14.9. The number of aromatic nitrogens is 3. The van der Waals surface area contributed by atoms with Crippen molar-refractivity contribution in [3.63, 3.8) is 0 Å². The molecule has 0 amide bonds. The van der Waals surface area contributed by atoms with E-state index in [1.165, 1.54) is 13.1 Å². The fourth-order valence-corrected chi connectivity index (χ4v) is 2.35. The molecule has 0 unspecified atom stereocenters. The summed E-state index contributed by atoms with van der Waals surface area (Å²) in [7, 11) is 3.98. The molecule has 132 valence electrons. The number of anilines is 5. The van der Waals surface area contributed by atoms with Gasteiger partial charge in [-0.3, -0.25) is 4.79 Å². The highest BCUT2D eigenvalue weighted by Crippen LogP contribution is 2.20. The molecular formula is C19H20N6O. The first-order valence-corrected chi connectivity index (χ1v) is 8.13. The van der Waals surface area contributed by atoms with Crippen LogP contribution in [0.25, 0.3) is 0 Å². The fraction of sp³-hybridized carbons (Fsp3) is 0.158. The highest BCUT2D eigenvalue weighted by atomic mass is 16.1. The van der Waals surface area contributed by atoms with E-state index in [2.05, 4.69) is 25.8 Å². The number of hydrogen-bond acceptors (Lipinski definition) is 7. The van der Waals surface area contributed by atoms with Gasteiger partial charge in [-0.2, -0.15) is 10.1 Å². The van der Waals surface area contributed by atoms with Crippen LogP contribution in [0.1, 0.15) is 17.3 Å². The van der Waals surface area contributed by atoms with Crippen LogP contribution >= 0.6 is 0 Å². The predicted octanol–water partition coefficient (Wildman–Crippen LogP) is 3.63. The molecule has 0 aliphatic heterocycles. The molecule has 0 saturated heterocycles. The number of Topliss-reactive ketones (excluding diaryl/α,β-unsaturated/α-hetero) is 1. The smallest absolute Gasteiger partial charge is 0.249 e. The second-order valence-electron chi connectivity index (χ2n) is 5.99. The van der Waals surface area contributed by atoms with E-state index >= 15 is 0 Å². The second-order valence-corrected chi connectivity index (χ2v) is 5.99. The number of benzene rings is 2. The van der Waals surface area contributed by atoms with E-state index in [0.717, 1.165) is 17.1 Å². The first-order valence-electron chi connectivity index (χ1n) is 8.13. The Labute approximate surface area is 152 Å². The summed E-state index contributed by atoms with van der Waals surface area (Å²) in [5.74, 6) is 0.932. The Morgan fingerprint density at radius 3 is 2.46 bits per heavy atom. The van der Waals surface area contributed by atoms with Gasteiger partial charge >= 0.3 is 0 Å². The summed E-state index contributed by atoms with van der Waals surface area (Å²) >= 11 is 0. The molecule has 1 aromatic heterocycles. The lowest BCUT2D eigenvalue weighted by molar-refractivity contribution is 0.101. The van der Waals surface area contributed by atoms with Gasteiger partial charge in [0.05, 0.1) is 6.20 Å². The molecular weight excluding hydrogens is 328 g/mol. The van der Waals surface area contributed by atoms with Crippen molar-refractivity contribution in [2.75, 3.05) is 29.6 Å². The number of nitrogens with zero attached hydrogens (tertiary/aromatic N) is 4. The van der Waals surface area contributed by atoms with Gasteiger partial charge in [-0.25, -0.2) is 0 Å². The van der Waals surface area contributed by atoms with Crippen LogP contribution in [0.5, 0.6) is 0 Å². The number of rotatable bonds is 6. The van der Waals surface area contributed by atoms with E-state index in [-0.39, 0.29) is 5.78 Å². The summed E-state index contributed by atoms with van der Waals surface area (Å²) < 4.78 is 0. The highest BCUT2D eigenvalue weighted by Gasteiger charge is 2.05. The van der Waals surface area contributed by atoms with Gasteiger partial charge < -0.3 is 15.5 Å². The summed E-state index contributed by atoms with van der Waals surface area (Å²) in [6, 6.07) is 15.1. The SMILES string of the molecule is CC(=O)c1cccc(Nc2cnnc(Nc3ccc(N(C)C)cc3)n2)c1. The summed E-state index contributed by atoms with van der Waals surface area (Å²) in [5, 5.41) is 14.2. The van der Waals surface area contributed by atoms with Gasteiger partial charge in [0.25, 0.3) is 0 Å². The van der Waals surface area contributed by atoms with Gasteiger partial charge in [0, 0.05) is 36.7 Å². The zero-order chi connectivity index (χ0) is 18.5. The molecule has 2 N–H and O–H groups in total. The standard InChI is InChI=1S/C19H20N6O/c1-13(26)14-5-4-6-16(11-14)21-18-12-20-24-19(23-18)22-15-7-9-17(10-8-15)25(2)3/h4-12H,1-3H3,(H2,21,22,23,24). The minimum atomic E-state index is 0.0120. The Bertz CT molecular complexity index is 908. The van der Waals surface area contributed by atoms with Crippen molar-refractivity contribution in [3.8, 4) is 0 Å². The average Bonchev–Trinajstić information content (AvgIpc) is 2.62. The molecule has 0 spiro atoms. The maximum absolute atomic E-state index is 11.5. The quantitative estimate of drug-likeness (QED) is 0.658. The number of ketones is 1. The molecule has 0 aliphatic rings. The predicted molar refractivity (Wildman–Crippen MR) is 104 cm³/mol. The molecule has 3 rings (SSSR count). The summed E-state index contributed by atoms with van der Waals surface area (Å²) in [4.78, 5) is 17.9. The lowest BCUT2D eigenvalue weighted by atomic mass is 10.1. The molecule has 1 heterocycles. The molecule has 0 aliphatic carbocycles. The molecule has 26 heavy (non-hydrogen) atoms. The highest BCUT2D eigenvalue weighted by molar-refractivity contribution is 5.95. The lowest BCUT2D eigenvalue weighted by Crippen LogP contribution is -2.08. The molecule has 2 aromatic carbocycles. The Morgan fingerprint density at radius 1 is 1.00 bits per heavy atom. The van der Waals surface area contributed by atoms with Crippen LogP contribution in [0.4, 0.5) is 28.8 Å². The van der Waals surface area contributed by atoms with Gasteiger partial charge in [-0.15, -0.1) is 5.10 Å². The van der Waals surface area contributed by atoms with E-state index in [0.29, 0.717) is 17.3 Å². The normalized spacial score (nSPS) is 10.3. The van der Waals surface area contributed by atoms with E-state index in [9.17, 15) is 4.79 Å². The van der Waals surface area contributed by atoms with Gasteiger partial charge in [-0.05, 0) is 43.3 Å². The van der Waals surface area contributed by atoms with Gasteiger partial charge in [0.15, 0.2) is 11.6 Å². The summed E-state index contributed by atoms with van der Waals surface area (Å²) in [6.45, 7) is 1.54. The Balaban J connectivity index is 1.74. The second kappa shape index (κ2) is 7.60. The Morgan fingerprint density at radius 2 is 1.77 bits per heavy atom. The van der Waals surface area contributed by atoms with Crippen molar-refractivity contribution in [3.05, 3.63) is 60.3 Å². The number of nitrogens with one attached hydrogen (secondary N) is 2. The summed E-state index contributed by atoms with van der Waals surface area (Å²) in [6.07, 6.45) is 1.53. The third-order valence-electron chi connectivity index (χ3n) is 3.74. The molecule has 7 heteroatoms. The minimum absolute atomic E-state index is 0.0120. The van der Waals surface area contributed by atoms with Gasteiger partial charge in [0.2, 0.25) is 5.95 Å². The van der Waals surface area contributed by atoms with E-state index < -0.39 is 0 Å². The Kier molecular flexibility index (Phi) is 5.07. The fourth-order valence-electron chi connectivity index (χ4n) is 2.35. The molecule has 0 fully saturated rings. The third-order valence-corrected chi connectivity index (χ3v) is 3.74. The first kappa shape index (κ1) is 17.3. The van der Waals surface area contributed by atoms with Crippen molar-refractivity contribution in [2.24, 2.45) is 0 Å². The van der Waals surface area contributed by atoms with Crippen LogP contribution in [-0.2, 0) is 0 Å². The maximum Gasteiger partial charge on any atom is 0.249 e. The number of carbonyl (C=O) groups excluding carboxylic acids is 1. The molecule has 0 saturated carbocycles. The van der Waals surface area contributed by atoms with Crippen LogP contribution < -0.4 is 15.5 Å². The molecule has 0 atom stereocenters. The minimum Gasteiger partial charge on any atom is -0.378 e. The van der Waals surface area contributed by atoms with E-state index in [4.69, 9.17) is 0 Å². The average molecular weight is 348 g/mol. The molecule has 3 aromatic rings. The van der Waals surface area contributed by atoms with Crippen molar-refractivity contribution < 1.29 is 4.79 Å². The number of hydrogen-bond donors (Lipinski definition) is 2. The van der Waals surface area contributed by atoms with Crippen LogP contribution in [0.2, 0.25) is 0 Å². The third kappa shape index (κ3) is 4.32. The topological polar surface area (TPSA) is 83.0 Å². The lowest BCUT2D eigenvalue weighted by Gasteiger charge is -2.13. The van der Waals surface area contributed by atoms with Crippen molar-refractivity contribution in [1.29, 1.82) is 0 Å². The van der Waals surface area contributed by atoms with Crippen LogP contribution in [0.3, 0.4) is 0 Å². The molecule has 7 nitrogen and oxygen atoms in total. The van der Waals surface area contributed by atoms with Gasteiger partial charge in [0.1, 0.15) is 0 Å². The van der Waals surface area contributed by atoms with Crippen LogP contribution in [0, 0.1) is 0 Å². The largest absolute Gasteiger partial charge is 0.378 e. The van der Waals surface area contributed by atoms with Crippen molar-refractivity contribution in [2.45, 2.75) is 6.92 Å². The summed E-state index contributed by atoms with van der Waals surface area (Å²) in [5.41, 5.74) is 3.37. The molecule has 0 bridgehead atoms.